The lowest BCUT2D eigenvalue weighted by Gasteiger charge is -2.09. The number of methoxy groups -OCH3 is 1. The topological polar surface area (TPSA) is 90.4 Å². The first kappa shape index (κ1) is 20.3. The van der Waals surface area contributed by atoms with Crippen LogP contribution in [0, 0.1) is 6.92 Å². The first-order valence-electron chi connectivity index (χ1n) is 8.67. The van der Waals surface area contributed by atoms with E-state index in [4.69, 9.17) is 16.3 Å². The number of aromatic nitrogens is 2. The maximum atomic E-state index is 12.2. The van der Waals surface area contributed by atoms with E-state index >= 15 is 0 Å². The standard InChI is InChI=1S/C21H18ClN3O4/c1-13-10-19(25-20(23-13)14-6-8-16(22)9-7-14)29-12-18(26)24-17-5-3-4-15(11-17)21(27)28-2/h3-11H,12H2,1-2H3,(H,24,26). The monoisotopic (exact) mass is 411 g/mol. The number of ether oxygens (including phenoxy) is 2. The van der Waals surface area contributed by atoms with Gasteiger partial charge in [-0.1, -0.05) is 17.7 Å². The average molecular weight is 412 g/mol. The second kappa shape index (κ2) is 9.16. The second-order valence-corrected chi connectivity index (χ2v) is 6.52. The molecule has 1 amide bonds. The van der Waals surface area contributed by atoms with Gasteiger partial charge in [-0.3, -0.25) is 4.79 Å². The molecule has 7 nitrogen and oxygen atoms in total. The number of rotatable bonds is 6. The van der Waals surface area contributed by atoms with Crippen molar-refractivity contribution in [3.63, 3.8) is 0 Å². The normalized spacial score (nSPS) is 10.3. The first-order valence-corrected chi connectivity index (χ1v) is 9.05. The van der Waals surface area contributed by atoms with Gasteiger partial charge in [0.1, 0.15) is 0 Å². The highest BCUT2D eigenvalue weighted by Gasteiger charge is 2.10. The van der Waals surface area contributed by atoms with E-state index in [-0.39, 0.29) is 12.5 Å². The van der Waals surface area contributed by atoms with Gasteiger partial charge in [-0.25, -0.2) is 9.78 Å². The molecule has 0 aliphatic carbocycles. The molecule has 1 aromatic heterocycles. The fourth-order valence-corrected chi connectivity index (χ4v) is 2.65. The molecular weight excluding hydrogens is 394 g/mol. The van der Waals surface area contributed by atoms with E-state index in [0.29, 0.717) is 27.8 Å². The SMILES string of the molecule is COC(=O)c1cccc(NC(=O)COc2cc(C)nc(-c3ccc(Cl)cc3)n2)c1. The Hall–Kier alpha value is -3.45. The third-order valence-electron chi connectivity index (χ3n) is 3.85. The van der Waals surface area contributed by atoms with E-state index in [1.165, 1.54) is 13.2 Å². The highest BCUT2D eigenvalue weighted by Crippen LogP contribution is 2.21. The van der Waals surface area contributed by atoms with Crippen molar-refractivity contribution in [2.75, 3.05) is 19.0 Å². The smallest absolute Gasteiger partial charge is 0.337 e. The molecule has 0 aliphatic rings. The lowest BCUT2D eigenvalue weighted by Crippen LogP contribution is -2.20. The van der Waals surface area contributed by atoms with Gasteiger partial charge >= 0.3 is 5.97 Å². The molecule has 8 heteroatoms. The number of esters is 1. The summed E-state index contributed by atoms with van der Waals surface area (Å²) in [6.07, 6.45) is 0. The number of carbonyl (C=O) groups is 2. The highest BCUT2D eigenvalue weighted by molar-refractivity contribution is 6.30. The molecule has 2 aromatic carbocycles. The van der Waals surface area contributed by atoms with Gasteiger partial charge in [0.05, 0.1) is 12.7 Å². The molecule has 0 aliphatic heterocycles. The summed E-state index contributed by atoms with van der Waals surface area (Å²) in [6, 6.07) is 15.2. The van der Waals surface area contributed by atoms with Crippen molar-refractivity contribution in [1.82, 2.24) is 9.97 Å². The van der Waals surface area contributed by atoms with Gasteiger partial charge in [-0.05, 0) is 49.4 Å². The quantitative estimate of drug-likeness (QED) is 0.618. The summed E-state index contributed by atoms with van der Waals surface area (Å²) in [5.74, 6) is -0.122. The minimum absolute atomic E-state index is 0.251. The minimum atomic E-state index is -0.483. The number of benzene rings is 2. The molecule has 3 rings (SSSR count). The predicted molar refractivity (Wildman–Crippen MR) is 109 cm³/mol. The van der Waals surface area contributed by atoms with Crippen LogP contribution in [0.2, 0.25) is 5.02 Å². The Morgan fingerprint density at radius 3 is 2.55 bits per heavy atom. The minimum Gasteiger partial charge on any atom is -0.467 e. The summed E-state index contributed by atoms with van der Waals surface area (Å²) in [5, 5.41) is 3.29. The number of aryl methyl sites for hydroxylation is 1. The van der Waals surface area contributed by atoms with E-state index in [2.05, 4.69) is 20.0 Å². The molecule has 3 aromatic rings. The molecule has 0 spiro atoms. The fraction of sp³-hybridized carbons (Fsp3) is 0.143. The van der Waals surface area contributed by atoms with Crippen LogP contribution in [0.3, 0.4) is 0 Å². The van der Waals surface area contributed by atoms with Crippen molar-refractivity contribution in [2.45, 2.75) is 6.92 Å². The number of anilines is 1. The molecule has 0 radical (unpaired) electrons. The summed E-state index contributed by atoms with van der Waals surface area (Å²) >= 11 is 5.91. The summed E-state index contributed by atoms with van der Waals surface area (Å²) < 4.78 is 10.2. The van der Waals surface area contributed by atoms with Crippen LogP contribution in [-0.2, 0) is 9.53 Å². The molecule has 0 saturated heterocycles. The van der Waals surface area contributed by atoms with E-state index < -0.39 is 11.9 Å². The van der Waals surface area contributed by atoms with E-state index in [1.807, 2.05) is 19.1 Å². The number of nitrogens with zero attached hydrogens (tertiary/aromatic N) is 2. The van der Waals surface area contributed by atoms with E-state index in [9.17, 15) is 9.59 Å². The Bertz CT molecular complexity index is 1040. The van der Waals surface area contributed by atoms with Gasteiger partial charge < -0.3 is 14.8 Å². The zero-order valence-corrected chi connectivity index (χ0v) is 16.6. The zero-order chi connectivity index (χ0) is 20.8. The molecule has 0 saturated carbocycles. The summed E-state index contributed by atoms with van der Waals surface area (Å²) in [6.45, 7) is 1.56. The van der Waals surface area contributed by atoms with Crippen molar-refractivity contribution in [2.24, 2.45) is 0 Å². The zero-order valence-electron chi connectivity index (χ0n) is 15.8. The fourth-order valence-electron chi connectivity index (χ4n) is 2.52. The van der Waals surface area contributed by atoms with Crippen molar-refractivity contribution in [1.29, 1.82) is 0 Å². The number of hydrogen-bond acceptors (Lipinski definition) is 6. The molecule has 1 heterocycles. The van der Waals surface area contributed by atoms with E-state index in [1.54, 1.807) is 36.4 Å². The maximum absolute atomic E-state index is 12.2. The van der Waals surface area contributed by atoms with Crippen LogP contribution in [0.15, 0.2) is 54.6 Å². The lowest BCUT2D eigenvalue weighted by molar-refractivity contribution is -0.118. The molecule has 148 valence electrons. The second-order valence-electron chi connectivity index (χ2n) is 6.09. The van der Waals surface area contributed by atoms with Crippen LogP contribution in [0.1, 0.15) is 16.1 Å². The van der Waals surface area contributed by atoms with Gasteiger partial charge in [0.15, 0.2) is 12.4 Å². The molecule has 1 N–H and O–H groups in total. The number of amides is 1. The predicted octanol–water partition coefficient (Wildman–Crippen LogP) is 3.91. The molecule has 0 fully saturated rings. The summed E-state index contributed by atoms with van der Waals surface area (Å²) in [7, 11) is 1.30. The van der Waals surface area contributed by atoms with Crippen LogP contribution >= 0.6 is 11.6 Å². The van der Waals surface area contributed by atoms with Crippen molar-refractivity contribution in [3.8, 4) is 17.3 Å². The Labute approximate surface area is 172 Å². The highest BCUT2D eigenvalue weighted by atomic mass is 35.5. The third-order valence-corrected chi connectivity index (χ3v) is 4.10. The molecule has 0 bridgehead atoms. The third kappa shape index (κ3) is 5.52. The van der Waals surface area contributed by atoms with Crippen molar-refractivity contribution < 1.29 is 19.1 Å². The number of carbonyl (C=O) groups excluding carboxylic acids is 2. The van der Waals surface area contributed by atoms with Crippen molar-refractivity contribution in [3.05, 3.63) is 70.9 Å². The van der Waals surface area contributed by atoms with Gasteiger partial charge in [-0.15, -0.1) is 0 Å². The van der Waals surface area contributed by atoms with Crippen LogP contribution < -0.4 is 10.1 Å². The Kier molecular flexibility index (Phi) is 6.41. The van der Waals surface area contributed by atoms with Crippen molar-refractivity contribution >= 4 is 29.2 Å². The van der Waals surface area contributed by atoms with Crippen LogP contribution in [0.25, 0.3) is 11.4 Å². The number of halogens is 1. The number of hydrogen-bond donors (Lipinski definition) is 1. The summed E-state index contributed by atoms with van der Waals surface area (Å²) in [4.78, 5) is 32.5. The van der Waals surface area contributed by atoms with Gasteiger partial charge in [-0.2, -0.15) is 4.98 Å². The molecule has 0 unspecified atom stereocenters. The lowest BCUT2D eigenvalue weighted by atomic mass is 10.2. The average Bonchev–Trinajstić information content (AvgIpc) is 2.72. The van der Waals surface area contributed by atoms with Gasteiger partial charge in [0, 0.05) is 28.0 Å². The largest absolute Gasteiger partial charge is 0.467 e. The first-order chi connectivity index (χ1) is 13.9. The van der Waals surface area contributed by atoms with Gasteiger partial charge in [0.2, 0.25) is 5.88 Å². The van der Waals surface area contributed by atoms with Crippen LogP contribution in [-0.4, -0.2) is 35.6 Å². The van der Waals surface area contributed by atoms with Gasteiger partial charge in [0.25, 0.3) is 5.91 Å². The van der Waals surface area contributed by atoms with E-state index in [0.717, 1.165) is 5.56 Å². The van der Waals surface area contributed by atoms with Crippen LogP contribution in [0.5, 0.6) is 5.88 Å². The van der Waals surface area contributed by atoms with Crippen LogP contribution in [0.4, 0.5) is 5.69 Å². The molecule has 0 atom stereocenters. The molecular formula is C21H18ClN3O4. The number of nitrogens with one attached hydrogen (secondary N) is 1. The Morgan fingerprint density at radius 2 is 1.83 bits per heavy atom. The molecule has 29 heavy (non-hydrogen) atoms. The summed E-state index contributed by atoms with van der Waals surface area (Å²) in [5.41, 5.74) is 2.28. The Morgan fingerprint density at radius 1 is 1.07 bits per heavy atom. The maximum Gasteiger partial charge on any atom is 0.337 e. The Balaban J connectivity index is 1.66.